The zero-order chi connectivity index (χ0) is 18.5. The van der Waals surface area contributed by atoms with E-state index in [1.54, 1.807) is 0 Å². The van der Waals surface area contributed by atoms with E-state index in [4.69, 9.17) is 0 Å². The summed E-state index contributed by atoms with van der Waals surface area (Å²) < 4.78 is 0. The fourth-order valence-corrected chi connectivity index (χ4v) is 3.95. The van der Waals surface area contributed by atoms with Gasteiger partial charge in [0.05, 0.1) is 18.2 Å². The zero-order valence-electron chi connectivity index (χ0n) is 15.1. The van der Waals surface area contributed by atoms with Crippen LogP contribution in [-0.2, 0) is 4.79 Å². The average Bonchev–Trinajstić information content (AvgIpc) is 3.11. The minimum absolute atomic E-state index is 0.238. The average molecular weight is 369 g/mol. The number of carbonyl (C=O) groups is 1. The van der Waals surface area contributed by atoms with E-state index in [1.165, 1.54) is 11.3 Å². The Morgan fingerprint density at radius 1 is 1.35 bits per heavy atom. The molecule has 5 heteroatoms. The number of aliphatic hydroxyl groups is 1. The lowest BCUT2D eigenvalue weighted by Gasteiger charge is -2.20. The molecule has 1 aromatic carbocycles. The van der Waals surface area contributed by atoms with Crippen molar-refractivity contribution in [1.29, 1.82) is 0 Å². The summed E-state index contributed by atoms with van der Waals surface area (Å²) in [6.07, 6.45) is 7.74. The molecule has 4 nitrogen and oxygen atoms in total. The smallest absolute Gasteiger partial charge is 0.236 e. The molecule has 2 N–H and O–H groups in total. The maximum atomic E-state index is 12.5. The number of benzene rings is 1. The lowest BCUT2D eigenvalue weighted by Crippen LogP contribution is -2.23. The van der Waals surface area contributed by atoms with Crippen LogP contribution in [0.2, 0.25) is 0 Å². The van der Waals surface area contributed by atoms with Crippen molar-refractivity contribution in [2.75, 3.05) is 11.9 Å². The molecule has 0 radical (unpaired) electrons. The molecule has 3 atom stereocenters. The van der Waals surface area contributed by atoms with E-state index in [2.05, 4.69) is 42.4 Å². The predicted octanol–water partition coefficient (Wildman–Crippen LogP) is 4.47. The van der Waals surface area contributed by atoms with Crippen LogP contribution in [0.1, 0.15) is 37.4 Å². The molecule has 0 saturated heterocycles. The summed E-state index contributed by atoms with van der Waals surface area (Å²) in [6.45, 7) is 4.18. The number of anilines is 1. The summed E-state index contributed by atoms with van der Waals surface area (Å²) in [5.74, 6) is 0.221. The lowest BCUT2D eigenvalue weighted by atomic mass is 9.85. The molecule has 3 rings (SSSR count). The van der Waals surface area contributed by atoms with Gasteiger partial charge in [0.1, 0.15) is 0 Å². The van der Waals surface area contributed by atoms with Gasteiger partial charge in [-0.05, 0) is 29.4 Å². The first-order chi connectivity index (χ1) is 12.6. The maximum Gasteiger partial charge on any atom is 0.236 e. The van der Waals surface area contributed by atoms with Gasteiger partial charge in [-0.1, -0.05) is 62.4 Å². The number of hydrogen-bond donors (Lipinski definition) is 2. The summed E-state index contributed by atoms with van der Waals surface area (Å²) >= 11 is 1.40. The predicted molar refractivity (Wildman–Crippen MR) is 107 cm³/mol. The van der Waals surface area contributed by atoms with Crippen LogP contribution in [0.25, 0.3) is 5.57 Å². The Labute approximate surface area is 158 Å². The van der Waals surface area contributed by atoms with E-state index in [9.17, 15) is 9.90 Å². The number of amides is 1. The molecule has 26 heavy (non-hydrogen) atoms. The van der Waals surface area contributed by atoms with Crippen molar-refractivity contribution in [2.24, 2.45) is 11.8 Å². The quantitative estimate of drug-likeness (QED) is 0.790. The van der Waals surface area contributed by atoms with Crippen LogP contribution in [-0.4, -0.2) is 22.6 Å². The van der Waals surface area contributed by atoms with Crippen LogP contribution < -0.4 is 5.32 Å². The Morgan fingerprint density at radius 3 is 2.77 bits per heavy atom. The molecular weight excluding hydrogens is 344 g/mol. The zero-order valence-corrected chi connectivity index (χ0v) is 15.9. The number of aliphatic hydroxyl groups excluding tert-OH is 1. The summed E-state index contributed by atoms with van der Waals surface area (Å²) in [5.41, 5.74) is 2.77. The summed E-state index contributed by atoms with van der Waals surface area (Å²) in [6, 6.07) is 9.30. The molecule has 1 aliphatic carbocycles. The highest BCUT2D eigenvalue weighted by Crippen LogP contribution is 2.31. The summed E-state index contributed by atoms with van der Waals surface area (Å²) in [5, 5.41) is 15.0. The van der Waals surface area contributed by atoms with Gasteiger partial charge in [0.25, 0.3) is 0 Å². The van der Waals surface area contributed by atoms with Crippen LogP contribution in [0.15, 0.2) is 53.9 Å². The number of carbonyl (C=O) groups excluding carboxylic acids is 1. The SMILES string of the molecule is CCC1C=CC(c2csc(NC(=O)C(CO)c3ccccc3)n2)=CC1C. The molecule has 1 heterocycles. The largest absolute Gasteiger partial charge is 0.395 e. The second-order valence-corrected chi connectivity index (χ2v) is 7.44. The van der Waals surface area contributed by atoms with E-state index in [0.29, 0.717) is 17.0 Å². The Balaban J connectivity index is 1.71. The Hall–Kier alpha value is -2.24. The molecule has 1 amide bonds. The van der Waals surface area contributed by atoms with Crippen molar-refractivity contribution in [3.05, 3.63) is 65.2 Å². The van der Waals surface area contributed by atoms with Crippen molar-refractivity contribution in [2.45, 2.75) is 26.2 Å². The summed E-state index contributed by atoms with van der Waals surface area (Å²) in [7, 11) is 0. The van der Waals surface area contributed by atoms with E-state index in [1.807, 2.05) is 35.7 Å². The van der Waals surface area contributed by atoms with Gasteiger partial charge < -0.3 is 10.4 Å². The first kappa shape index (κ1) is 18.5. The molecule has 136 valence electrons. The number of rotatable bonds is 6. The minimum atomic E-state index is -0.595. The van der Waals surface area contributed by atoms with Crippen molar-refractivity contribution < 1.29 is 9.90 Å². The van der Waals surface area contributed by atoms with Crippen LogP contribution in [0.5, 0.6) is 0 Å². The fourth-order valence-electron chi connectivity index (χ4n) is 3.22. The number of hydrogen-bond acceptors (Lipinski definition) is 4. The highest BCUT2D eigenvalue weighted by molar-refractivity contribution is 7.14. The highest BCUT2D eigenvalue weighted by atomic mass is 32.1. The highest BCUT2D eigenvalue weighted by Gasteiger charge is 2.21. The second-order valence-electron chi connectivity index (χ2n) is 6.59. The van der Waals surface area contributed by atoms with Gasteiger partial charge in [0, 0.05) is 5.38 Å². The van der Waals surface area contributed by atoms with Crippen molar-refractivity contribution in [3.8, 4) is 0 Å². The number of nitrogens with zero attached hydrogens (tertiary/aromatic N) is 1. The topological polar surface area (TPSA) is 62.2 Å². The number of thiazole rings is 1. The fraction of sp³-hybridized carbons (Fsp3) is 0.333. The normalized spacial score (nSPS) is 20.5. The minimum Gasteiger partial charge on any atom is -0.395 e. The lowest BCUT2D eigenvalue weighted by molar-refractivity contribution is -0.118. The van der Waals surface area contributed by atoms with Crippen molar-refractivity contribution in [3.63, 3.8) is 0 Å². The molecule has 0 spiro atoms. The third-order valence-electron chi connectivity index (χ3n) is 4.84. The van der Waals surface area contributed by atoms with Gasteiger partial charge in [0.15, 0.2) is 5.13 Å². The molecule has 0 fully saturated rings. The number of aromatic nitrogens is 1. The molecule has 1 aromatic heterocycles. The third kappa shape index (κ3) is 4.11. The van der Waals surface area contributed by atoms with Gasteiger partial charge in [-0.2, -0.15) is 0 Å². The molecule has 1 aliphatic rings. The molecule has 0 aliphatic heterocycles. The number of allylic oxidation sites excluding steroid dienone is 4. The standard InChI is InChI=1S/C21H24N2O2S/c1-3-15-9-10-17(11-14(15)2)19-13-26-21(22-19)23-20(25)18(12-24)16-7-5-4-6-8-16/h4-11,13-15,18,24H,3,12H2,1-2H3,(H,22,23,25). The van der Waals surface area contributed by atoms with Crippen molar-refractivity contribution in [1.82, 2.24) is 4.98 Å². The summed E-state index contributed by atoms with van der Waals surface area (Å²) in [4.78, 5) is 17.1. The van der Waals surface area contributed by atoms with Crippen LogP contribution in [0, 0.1) is 11.8 Å². The molecule has 2 aromatic rings. The van der Waals surface area contributed by atoms with E-state index >= 15 is 0 Å². The van der Waals surface area contributed by atoms with E-state index < -0.39 is 5.92 Å². The molecule has 0 bridgehead atoms. The Bertz CT molecular complexity index is 810. The Morgan fingerprint density at radius 2 is 2.12 bits per heavy atom. The van der Waals surface area contributed by atoms with Gasteiger partial charge in [-0.25, -0.2) is 4.98 Å². The van der Waals surface area contributed by atoms with Crippen LogP contribution >= 0.6 is 11.3 Å². The van der Waals surface area contributed by atoms with Gasteiger partial charge in [0.2, 0.25) is 5.91 Å². The molecule has 0 saturated carbocycles. The van der Waals surface area contributed by atoms with Crippen LogP contribution in [0.3, 0.4) is 0 Å². The van der Waals surface area contributed by atoms with E-state index in [-0.39, 0.29) is 12.5 Å². The first-order valence-corrected chi connectivity index (χ1v) is 9.83. The number of nitrogens with one attached hydrogen (secondary N) is 1. The second kappa shape index (κ2) is 8.43. The van der Waals surface area contributed by atoms with Gasteiger partial charge in [-0.15, -0.1) is 11.3 Å². The monoisotopic (exact) mass is 368 g/mol. The third-order valence-corrected chi connectivity index (χ3v) is 5.60. The first-order valence-electron chi connectivity index (χ1n) is 8.95. The Kier molecular flexibility index (Phi) is 6.01. The van der Waals surface area contributed by atoms with Crippen LogP contribution in [0.4, 0.5) is 5.13 Å². The van der Waals surface area contributed by atoms with E-state index in [0.717, 1.165) is 23.3 Å². The van der Waals surface area contributed by atoms with Crippen molar-refractivity contribution >= 4 is 27.9 Å². The maximum absolute atomic E-state index is 12.5. The van der Waals surface area contributed by atoms with Gasteiger partial charge in [-0.3, -0.25) is 4.79 Å². The van der Waals surface area contributed by atoms with Gasteiger partial charge >= 0.3 is 0 Å². The molecule has 3 unspecified atom stereocenters. The molecular formula is C21H24N2O2S.